The highest BCUT2D eigenvalue weighted by atomic mass is 16.5. The van der Waals surface area contributed by atoms with E-state index in [4.69, 9.17) is 4.74 Å². The van der Waals surface area contributed by atoms with Gasteiger partial charge in [-0.15, -0.1) is 0 Å². The lowest BCUT2D eigenvalue weighted by Gasteiger charge is -2.08. The Morgan fingerprint density at radius 1 is 1.35 bits per heavy atom. The Labute approximate surface area is 105 Å². The van der Waals surface area contributed by atoms with Crippen LogP contribution in [-0.2, 0) is 0 Å². The molecule has 0 saturated carbocycles. The highest BCUT2D eigenvalue weighted by Crippen LogP contribution is 2.24. The monoisotopic (exact) mass is 230 g/mol. The van der Waals surface area contributed by atoms with Gasteiger partial charge in [-0.2, -0.15) is 0 Å². The maximum atomic E-state index is 5.27. The van der Waals surface area contributed by atoms with E-state index in [1.165, 1.54) is 24.0 Å². The molecule has 0 N–H and O–H groups in total. The van der Waals surface area contributed by atoms with Gasteiger partial charge in [0.25, 0.3) is 0 Å². The average molecular weight is 230 g/mol. The maximum absolute atomic E-state index is 5.27. The summed E-state index contributed by atoms with van der Waals surface area (Å²) < 4.78 is 5.27. The molecule has 1 aromatic rings. The van der Waals surface area contributed by atoms with Gasteiger partial charge in [0.15, 0.2) is 0 Å². The van der Waals surface area contributed by atoms with E-state index in [0.29, 0.717) is 0 Å². The zero-order valence-electron chi connectivity index (χ0n) is 11.1. The highest BCUT2D eigenvalue weighted by molar-refractivity contribution is 5.68. The largest absolute Gasteiger partial charge is 0.497 e. The quantitative estimate of drug-likeness (QED) is 0.635. The van der Waals surface area contributed by atoms with Gasteiger partial charge in [-0.25, -0.2) is 0 Å². The fourth-order valence-corrected chi connectivity index (χ4v) is 1.73. The first-order chi connectivity index (χ1) is 8.31. The zero-order valence-corrected chi connectivity index (χ0v) is 11.1. The molecule has 0 aliphatic carbocycles. The standard InChI is InChI=1S/C16H22O/c1-4-6-9-14(10-7-5-2)15-11-8-12-16(13-15)17-3/h4,6,8-9,11-13H,5,7,10H2,1-3H3/b6-4+,14-9-. The van der Waals surface area contributed by atoms with E-state index >= 15 is 0 Å². The molecule has 0 bridgehead atoms. The molecule has 0 aliphatic rings. The molecule has 0 fully saturated rings. The molecular formula is C16H22O. The summed E-state index contributed by atoms with van der Waals surface area (Å²) in [6.45, 7) is 4.26. The second-order valence-corrected chi connectivity index (χ2v) is 4.05. The maximum Gasteiger partial charge on any atom is 0.119 e. The predicted octanol–water partition coefficient (Wildman–Crippen LogP) is 4.84. The van der Waals surface area contributed by atoms with Gasteiger partial charge < -0.3 is 4.74 Å². The van der Waals surface area contributed by atoms with Crippen molar-refractivity contribution >= 4 is 5.57 Å². The van der Waals surface area contributed by atoms with Crippen LogP contribution in [0.15, 0.2) is 42.5 Å². The van der Waals surface area contributed by atoms with Crippen molar-refractivity contribution in [1.29, 1.82) is 0 Å². The van der Waals surface area contributed by atoms with E-state index < -0.39 is 0 Å². The Morgan fingerprint density at radius 2 is 2.18 bits per heavy atom. The second kappa shape index (κ2) is 7.72. The number of rotatable bonds is 6. The lowest BCUT2D eigenvalue weighted by atomic mass is 9.99. The third-order valence-corrected chi connectivity index (χ3v) is 2.73. The topological polar surface area (TPSA) is 9.23 Å². The van der Waals surface area contributed by atoms with Crippen LogP contribution in [-0.4, -0.2) is 7.11 Å². The van der Waals surface area contributed by atoms with Crippen LogP contribution < -0.4 is 4.74 Å². The van der Waals surface area contributed by atoms with Crippen LogP contribution in [0.5, 0.6) is 5.75 Å². The van der Waals surface area contributed by atoms with E-state index in [2.05, 4.69) is 37.3 Å². The fourth-order valence-electron chi connectivity index (χ4n) is 1.73. The first-order valence-corrected chi connectivity index (χ1v) is 6.28. The molecule has 1 nitrogen and oxygen atoms in total. The Bertz CT molecular complexity index is 388. The summed E-state index contributed by atoms with van der Waals surface area (Å²) in [5, 5.41) is 0. The van der Waals surface area contributed by atoms with Crippen LogP contribution in [0.2, 0.25) is 0 Å². The summed E-state index contributed by atoms with van der Waals surface area (Å²) >= 11 is 0. The number of hydrogen-bond acceptors (Lipinski definition) is 1. The molecule has 0 unspecified atom stereocenters. The molecule has 1 heteroatoms. The van der Waals surface area contributed by atoms with Crippen molar-refractivity contribution in [2.45, 2.75) is 33.1 Å². The third kappa shape index (κ3) is 4.48. The Balaban J connectivity index is 2.94. The summed E-state index contributed by atoms with van der Waals surface area (Å²) in [6.07, 6.45) is 9.92. The molecule has 0 atom stereocenters. The SMILES string of the molecule is C/C=C/C=C(/CCCC)c1cccc(OC)c1. The van der Waals surface area contributed by atoms with E-state index in [-0.39, 0.29) is 0 Å². The van der Waals surface area contributed by atoms with E-state index in [1.807, 2.05) is 19.1 Å². The molecule has 92 valence electrons. The molecule has 1 rings (SSSR count). The second-order valence-electron chi connectivity index (χ2n) is 4.05. The van der Waals surface area contributed by atoms with Crippen molar-refractivity contribution < 1.29 is 4.74 Å². The van der Waals surface area contributed by atoms with Crippen molar-refractivity contribution in [3.63, 3.8) is 0 Å². The van der Waals surface area contributed by atoms with Gasteiger partial charge >= 0.3 is 0 Å². The summed E-state index contributed by atoms with van der Waals surface area (Å²) in [5.74, 6) is 0.922. The fraction of sp³-hybridized carbons (Fsp3) is 0.375. The Kier molecular flexibility index (Phi) is 6.16. The van der Waals surface area contributed by atoms with Crippen LogP contribution in [0.1, 0.15) is 38.7 Å². The molecule has 0 heterocycles. The van der Waals surface area contributed by atoms with Crippen molar-refractivity contribution in [2.75, 3.05) is 7.11 Å². The smallest absolute Gasteiger partial charge is 0.119 e. The minimum Gasteiger partial charge on any atom is -0.497 e. The number of hydrogen-bond donors (Lipinski definition) is 0. The molecule has 0 radical (unpaired) electrons. The molecule has 1 aromatic carbocycles. The normalized spacial score (nSPS) is 12.1. The van der Waals surface area contributed by atoms with Crippen LogP contribution >= 0.6 is 0 Å². The summed E-state index contributed by atoms with van der Waals surface area (Å²) in [7, 11) is 1.71. The molecule has 0 spiro atoms. The zero-order chi connectivity index (χ0) is 12.5. The highest BCUT2D eigenvalue weighted by Gasteiger charge is 2.01. The number of ether oxygens (including phenoxy) is 1. The molecule has 0 aromatic heterocycles. The van der Waals surface area contributed by atoms with Crippen LogP contribution in [0, 0.1) is 0 Å². The van der Waals surface area contributed by atoms with Crippen molar-refractivity contribution in [3.8, 4) is 5.75 Å². The predicted molar refractivity (Wildman–Crippen MR) is 75.3 cm³/mol. The minimum atomic E-state index is 0.922. The number of benzene rings is 1. The summed E-state index contributed by atoms with van der Waals surface area (Å²) in [6, 6.07) is 8.28. The van der Waals surface area contributed by atoms with Gasteiger partial charge in [0.1, 0.15) is 5.75 Å². The molecule has 17 heavy (non-hydrogen) atoms. The van der Waals surface area contributed by atoms with Crippen molar-refractivity contribution in [1.82, 2.24) is 0 Å². The van der Waals surface area contributed by atoms with Gasteiger partial charge in [0, 0.05) is 0 Å². The van der Waals surface area contributed by atoms with Gasteiger partial charge in [-0.1, -0.05) is 43.7 Å². The lowest BCUT2D eigenvalue weighted by Crippen LogP contribution is -1.88. The average Bonchev–Trinajstić information content (AvgIpc) is 2.39. The Hall–Kier alpha value is -1.50. The van der Waals surface area contributed by atoms with Crippen LogP contribution in [0.4, 0.5) is 0 Å². The summed E-state index contributed by atoms with van der Waals surface area (Å²) in [4.78, 5) is 0. The number of methoxy groups -OCH3 is 1. The van der Waals surface area contributed by atoms with Crippen molar-refractivity contribution in [3.05, 3.63) is 48.1 Å². The first kappa shape index (κ1) is 13.6. The van der Waals surface area contributed by atoms with E-state index in [9.17, 15) is 0 Å². The minimum absolute atomic E-state index is 0.922. The first-order valence-electron chi connectivity index (χ1n) is 6.28. The lowest BCUT2D eigenvalue weighted by molar-refractivity contribution is 0.414. The molecule has 0 saturated heterocycles. The van der Waals surface area contributed by atoms with E-state index in [0.717, 1.165) is 12.2 Å². The molecule has 0 amide bonds. The van der Waals surface area contributed by atoms with Crippen LogP contribution in [0.25, 0.3) is 5.57 Å². The molecular weight excluding hydrogens is 208 g/mol. The van der Waals surface area contributed by atoms with Gasteiger partial charge in [-0.05, 0) is 43.0 Å². The Morgan fingerprint density at radius 3 is 2.82 bits per heavy atom. The van der Waals surface area contributed by atoms with Gasteiger partial charge in [0.05, 0.1) is 7.11 Å². The van der Waals surface area contributed by atoms with Gasteiger partial charge in [-0.3, -0.25) is 0 Å². The molecule has 0 aliphatic heterocycles. The van der Waals surface area contributed by atoms with E-state index in [1.54, 1.807) is 7.11 Å². The van der Waals surface area contributed by atoms with Crippen molar-refractivity contribution in [2.24, 2.45) is 0 Å². The van der Waals surface area contributed by atoms with Crippen LogP contribution in [0.3, 0.4) is 0 Å². The third-order valence-electron chi connectivity index (χ3n) is 2.73. The number of unbranched alkanes of at least 4 members (excludes halogenated alkanes) is 1. The number of allylic oxidation sites excluding steroid dienone is 4. The summed E-state index contributed by atoms with van der Waals surface area (Å²) in [5.41, 5.74) is 2.64. The van der Waals surface area contributed by atoms with Gasteiger partial charge in [0.2, 0.25) is 0 Å².